The van der Waals surface area contributed by atoms with E-state index in [2.05, 4.69) is 24.2 Å². The summed E-state index contributed by atoms with van der Waals surface area (Å²) in [5, 5.41) is 3.51. The first-order valence-corrected chi connectivity index (χ1v) is 6.24. The molecule has 0 aromatic rings. The normalized spacial score (nSPS) is 27.6. The fraction of sp³-hybridized carbons (Fsp3) is 1.00. The van der Waals surface area contributed by atoms with Gasteiger partial charge in [-0.25, -0.2) is 0 Å². The van der Waals surface area contributed by atoms with Crippen molar-refractivity contribution in [3.8, 4) is 0 Å². The van der Waals surface area contributed by atoms with Crippen LogP contribution in [0.4, 0.5) is 0 Å². The van der Waals surface area contributed by atoms with E-state index in [0.29, 0.717) is 5.41 Å². The maximum absolute atomic E-state index is 5.46. The molecule has 0 unspecified atom stereocenters. The molecule has 88 valence electrons. The summed E-state index contributed by atoms with van der Waals surface area (Å²) in [4.78, 5) is 2.44. The third-order valence-corrected chi connectivity index (χ3v) is 4.09. The van der Waals surface area contributed by atoms with Gasteiger partial charge in [0.15, 0.2) is 0 Å². The molecule has 0 aromatic carbocycles. The molecule has 2 saturated heterocycles. The fourth-order valence-corrected chi connectivity index (χ4v) is 2.84. The summed E-state index contributed by atoms with van der Waals surface area (Å²) in [6.07, 6.45) is 2.70. The molecule has 3 nitrogen and oxygen atoms in total. The smallest absolute Gasteiger partial charge is 0.0559 e. The first kappa shape index (κ1) is 11.4. The van der Waals surface area contributed by atoms with Gasteiger partial charge in [-0.05, 0) is 45.4 Å². The summed E-state index contributed by atoms with van der Waals surface area (Å²) in [5.41, 5.74) is 0.470. The number of likely N-dealkylation sites (tertiary alicyclic amines) is 1. The summed E-state index contributed by atoms with van der Waals surface area (Å²) in [6.45, 7) is 8.90. The van der Waals surface area contributed by atoms with Crippen molar-refractivity contribution in [3.63, 3.8) is 0 Å². The summed E-state index contributed by atoms with van der Waals surface area (Å²) in [7, 11) is 2.23. The molecule has 1 N–H and O–H groups in total. The highest BCUT2D eigenvalue weighted by molar-refractivity contribution is 4.95. The van der Waals surface area contributed by atoms with Gasteiger partial charge in [-0.1, -0.05) is 6.92 Å². The van der Waals surface area contributed by atoms with Crippen molar-refractivity contribution >= 4 is 0 Å². The highest BCUT2D eigenvalue weighted by atomic mass is 16.5. The molecule has 0 bridgehead atoms. The van der Waals surface area contributed by atoms with Gasteiger partial charge in [-0.15, -0.1) is 0 Å². The molecule has 2 heterocycles. The van der Waals surface area contributed by atoms with E-state index in [1.54, 1.807) is 0 Å². The van der Waals surface area contributed by atoms with E-state index in [4.69, 9.17) is 4.74 Å². The van der Waals surface area contributed by atoms with Crippen molar-refractivity contribution < 1.29 is 4.74 Å². The van der Waals surface area contributed by atoms with E-state index in [1.807, 2.05) is 0 Å². The zero-order chi connectivity index (χ0) is 10.7. The Morgan fingerprint density at radius 2 is 2.00 bits per heavy atom. The number of ether oxygens (including phenoxy) is 1. The second kappa shape index (κ2) is 4.81. The number of nitrogens with one attached hydrogen (secondary N) is 1. The molecule has 0 radical (unpaired) electrons. The molecule has 0 saturated carbocycles. The highest BCUT2D eigenvalue weighted by Gasteiger charge is 2.45. The van der Waals surface area contributed by atoms with E-state index >= 15 is 0 Å². The molecule has 0 aliphatic carbocycles. The lowest BCUT2D eigenvalue weighted by molar-refractivity contribution is -0.152. The van der Waals surface area contributed by atoms with Crippen LogP contribution in [0.15, 0.2) is 0 Å². The number of rotatable bonds is 4. The monoisotopic (exact) mass is 212 g/mol. The molecule has 2 aliphatic heterocycles. The Kier molecular flexibility index (Phi) is 3.65. The van der Waals surface area contributed by atoms with Crippen LogP contribution in [0.2, 0.25) is 0 Å². The lowest BCUT2D eigenvalue weighted by Crippen LogP contribution is -2.56. The van der Waals surface area contributed by atoms with Crippen molar-refractivity contribution in [2.75, 3.05) is 46.4 Å². The Morgan fingerprint density at radius 3 is 2.47 bits per heavy atom. The average Bonchev–Trinajstić information content (AvgIpc) is 2.19. The zero-order valence-electron chi connectivity index (χ0n) is 10.1. The Labute approximate surface area is 93.2 Å². The molecule has 15 heavy (non-hydrogen) atoms. The summed E-state index contributed by atoms with van der Waals surface area (Å²) < 4.78 is 5.46. The third kappa shape index (κ3) is 2.35. The highest BCUT2D eigenvalue weighted by Crippen LogP contribution is 2.40. The Balaban J connectivity index is 1.88. The Hall–Kier alpha value is -0.120. The lowest BCUT2D eigenvalue weighted by atomic mass is 9.69. The van der Waals surface area contributed by atoms with E-state index in [0.717, 1.165) is 32.2 Å². The van der Waals surface area contributed by atoms with Crippen LogP contribution in [0.25, 0.3) is 0 Å². The fourth-order valence-electron chi connectivity index (χ4n) is 2.84. The van der Waals surface area contributed by atoms with E-state index < -0.39 is 0 Å². The van der Waals surface area contributed by atoms with Crippen LogP contribution < -0.4 is 5.32 Å². The van der Waals surface area contributed by atoms with Crippen molar-refractivity contribution in [2.24, 2.45) is 11.3 Å². The Bertz CT molecular complexity index is 196. The van der Waals surface area contributed by atoms with Crippen LogP contribution in [0, 0.1) is 11.3 Å². The third-order valence-electron chi connectivity index (χ3n) is 4.09. The van der Waals surface area contributed by atoms with Crippen molar-refractivity contribution in [1.82, 2.24) is 10.2 Å². The van der Waals surface area contributed by atoms with Crippen molar-refractivity contribution in [2.45, 2.75) is 19.8 Å². The van der Waals surface area contributed by atoms with Gasteiger partial charge in [0.2, 0.25) is 0 Å². The zero-order valence-corrected chi connectivity index (χ0v) is 10.1. The first-order chi connectivity index (χ1) is 7.27. The molecule has 0 amide bonds. The van der Waals surface area contributed by atoms with Gasteiger partial charge in [-0.3, -0.25) is 0 Å². The van der Waals surface area contributed by atoms with E-state index in [9.17, 15) is 0 Å². The van der Waals surface area contributed by atoms with Gasteiger partial charge < -0.3 is 15.0 Å². The molecule has 0 spiro atoms. The van der Waals surface area contributed by atoms with Gasteiger partial charge in [0.25, 0.3) is 0 Å². The molecule has 0 aromatic heterocycles. The SMILES string of the molecule is CCNCC1(C2CCN(C)CC2)COC1. The van der Waals surface area contributed by atoms with Gasteiger partial charge in [0.05, 0.1) is 13.2 Å². The molecular weight excluding hydrogens is 188 g/mol. The van der Waals surface area contributed by atoms with Crippen LogP contribution in [0.1, 0.15) is 19.8 Å². The minimum absolute atomic E-state index is 0.470. The maximum atomic E-state index is 5.46. The molecule has 3 heteroatoms. The number of hydrogen-bond acceptors (Lipinski definition) is 3. The molecule has 2 rings (SSSR count). The largest absolute Gasteiger partial charge is 0.380 e. The molecule has 0 atom stereocenters. The van der Waals surface area contributed by atoms with Crippen LogP contribution >= 0.6 is 0 Å². The van der Waals surface area contributed by atoms with Gasteiger partial charge in [0, 0.05) is 12.0 Å². The maximum Gasteiger partial charge on any atom is 0.0559 e. The topological polar surface area (TPSA) is 24.5 Å². The second-order valence-corrected chi connectivity index (χ2v) is 5.21. The summed E-state index contributed by atoms with van der Waals surface area (Å²) in [6, 6.07) is 0. The number of hydrogen-bond donors (Lipinski definition) is 1. The number of nitrogens with zero attached hydrogens (tertiary/aromatic N) is 1. The standard InChI is InChI=1S/C12H24N2O/c1-3-13-8-12(9-15-10-12)11-4-6-14(2)7-5-11/h11,13H,3-10H2,1-2H3. The van der Waals surface area contributed by atoms with Crippen LogP contribution in [0.3, 0.4) is 0 Å². The average molecular weight is 212 g/mol. The van der Waals surface area contributed by atoms with Crippen LogP contribution in [-0.4, -0.2) is 51.3 Å². The molecular formula is C12H24N2O. The summed E-state index contributed by atoms with van der Waals surface area (Å²) >= 11 is 0. The predicted octanol–water partition coefficient (Wildman–Crippen LogP) is 0.954. The van der Waals surface area contributed by atoms with Crippen molar-refractivity contribution in [1.29, 1.82) is 0 Å². The summed E-state index contributed by atoms with van der Waals surface area (Å²) in [5.74, 6) is 0.876. The van der Waals surface area contributed by atoms with E-state index in [-0.39, 0.29) is 0 Å². The lowest BCUT2D eigenvalue weighted by Gasteiger charge is -2.49. The van der Waals surface area contributed by atoms with Crippen LogP contribution in [0.5, 0.6) is 0 Å². The molecule has 2 fully saturated rings. The second-order valence-electron chi connectivity index (χ2n) is 5.21. The quantitative estimate of drug-likeness (QED) is 0.751. The van der Waals surface area contributed by atoms with Gasteiger partial charge >= 0.3 is 0 Å². The van der Waals surface area contributed by atoms with Crippen molar-refractivity contribution in [3.05, 3.63) is 0 Å². The molecule has 2 aliphatic rings. The first-order valence-electron chi connectivity index (χ1n) is 6.24. The van der Waals surface area contributed by atoms with E-state index in [1.165, 1.54) is 25.9 Å². The minimum Gasteiger partial charge on any atom is -0.380 e. The number of piperidine rings is 1. The predicted molar refractivity (Wildman–Crippen MR) is 62.0 cm³/mol. The van der Waals surface area contributed by atoms with Gasteiger partial charge in [0.1, 0.15) is 0 Å². The van der Waals surface area contributed by atoms with Gasteiger partial charge in [-0.2, -0.15) is 0 Å². The Morgan fingerprint density at radius 1 is 1.33 bits per heavy atom. The van der Waals surface area contributed by atoms with Crippen LogP contribution in [-0.2, 0) is 4.74 Å². The minimum atomic E-state index is 0.470.